The molecule has 0 aliphatic carbocycles. The zero-order valence-electron chi connectivity index (χ0n) is 10.6. The van der Waals surface area contributed by atoms with Gasteiger partial charge in [0.2, 0.25) is 0 Å². The minimum absolute atomic E-state index is 0.803. The predicted octanol–water partition coefficient (Wildman–Crippen LogP) is 0.194. The molecule has 94 valence electrons. The largest absolute Gasteiger partial charge is 0.472 e. The highest BCUT2D eigenvalue weighted by molar-refractivity contribution is 5.75. The molecule has 0 spiro atoms. The smallest absolute Gasteiger partial charge is 0.278 e. The second-order valence-corrected chi connectivity index (χ2v) is 4.52. The van der Waals surface area contributed by atoms with E-state index in [1.54, 1.807) is 0 Å². The second-order valence-electron chi connectivity index (χ2n) is 4.52. The number of rotatable bonds is 1. The number of hydrogen-bond donors (Lipinski definition) is 0. The summed E-state index contributed by atoms with van der Waals surface area (Å²) in [4.78, 5) is 9.40. The van der Waals surface area contributed by atoms with E-state index in [-0.39, 0.29) is 0 Å². The Morgan fingerprint density at radius 1 is 1.33 bits per heavy atom. The third kappa shape index (κ3) is 1.79. The van der Waals surface area contributed by atoms with Crippen molar-refractivity contribution in [3.63, 3.8) is 0 Å². The lowest BCUT2D eigenvalue weighted by Gasteiger charge is -2.20. The number of para-hydroxylation sites is 1. The highest BCUT2D eigenvalue weighted by Crippen LogP contribution is 2.09. The van der Waals surface area contributed by atoms with Crippen molar-refractivity contribution >= 4 is 17.1 Å². The molecule has 1 aromatic carbocycles. The van der Waals surface area contributed by atoms with Gasteiger partial charge in [-0.05, 0) is 17.3 Å². The molecule has 1 aliphatic rings. The fourth-order valence-electron chi connectivity index (χ4n) is 2.16. The van der Waals surface area contributed by atoms with E-state index in [0.29, 0.717) is 0 Å². The molecule has 0 unspecified atom stereocenters. The summed E-state index contributed by atoms with van der Waals surface area (Å²) in [6.07, 6.45) is 1.14. The molecule has 0 amide bonds. The molecule has 3 rings (SSSR count). The molecule has 0 N–H and O–H groups in total. The third-order valence-electron chi connectivity index (χ3n) is 3.13. The SMILES string of the molecule is CN1CCC[N+](C)=C1On1nnc2ccccc21. The number of aromatic nitrogens is 3. The number of fused-ring (bicyclic) bond motifs is 1. The third-order valence-corrected chi connectivity index (χ3v) is 3.13. The Kier molecular flexibility index (Phi) is 2.62. The van der Waals surface area contributed by atoms with Crippen LogP contribution in [0.5, 0.6) is 0 Å². The average molecular weight is 246 g/mol. The summed E-state index contributed by atoms with van der Waals surface area (Å²) in [5, 5.41) is 8.10. The standard InChI is InChI=1S/C12H16N5O/c1-15-8-5-9-16(2)12(15)18-17-11-7-4-3-6-10(11)13-14-17/h3-4,6-7H,5,8-9H2,1-2H3/q+1. The maximum absolute atomic E-state index is 5.84. The van der Waals surface area contributed by atoms with Gasteiger partial charge in [-0.2, -0.15) is 0 Å². The van der Waals surface area contributed by atoms with Crippen LogP contribution in [0, 0.1) is 0 Å². The first kappa shape index (κ1) is 11.0. The van der Waals surface area contributed by atoms with Crippen molar-refractivity contribution in [2.75, 3.05) is 27.2 Å². The van der Waals surface area contributed by atoms with E-state index in [9.17, 15) is 0 Å². The minimum atomic E-state index is 0.803. The molecule has 1 aliphatic heterocycles. The van der Waals surface area contributed by atoms with Gasteiger partial charge in [0.25, 0.3) is 0 Å². The lowest BCUT2D eigenvalue weighted by atomic mass is 10.3. The van der Waals surface area contributed by atoms with Gasteiger partial charge >= 0.3 is 6.02 Å². The lowest BCUT2D eigenvalue weighted by Crippen LogP contribution is -2.46. The van der Waals surface area contributed by atoms with Crippen LogP contribution in [-0.4, -0.2) is 57.8 Å². The average Bonchev–Trinajstić information content (AvgIpc) is 2.77. The highest BCUT2D eigenvalue weighted by Gasteiger charge is 2.26. The summed E-state index contributed by atoms with van der Waals surface area (Å²) in [7, 11) is 4.04. The molecule has 2 heterocycles. The zero-order valence-corrected chi connectivity index (χ0v) is 10.6. The predicted molar refractivity (Wildman–Crippen MR) is 67.4 cm³/mol. The van der Waals surface area contributed by atoms with E-state index in [1.165, 1.54) is 4.85 Å². The van der Waals surface area contributed by atoms with Gasteiger partial charge in [0.05, 0.1) is 27.2 Å². The van der Waals surface area contributed by atoms with Crippen LogP contribution in [0.3, 0.4) is 0 Å². The number of nitrogens with zero attached hydrogens (tertiary/aromatic N) is 5. The van der Waals surface area contributed by atoms with Gasteiger partial charge in [-0.1, -0.05) is 17.0 Å². The summed E-state index contributed by atoms with van der Waals surface area (Å²) in [5.74, 6) is 0. The van der Waals surface area contributed by atoms with Gasteiger partial charge in [0.1, 0.15) is 11.0 Å². The monoisotopic (exact) mass is 246 g/mol. The van der Waals surface area contributed by atoms with Gasteiger partial charge in [0.15, 0.2) is 0 Å². The van der Waals surface area contributed by atoms with Crippen molar-refractivity contribution in [3.8, 4) is 0 Å². The molecule has 0 bridgehead atoms. The molecule has 6 nitrogen and oxygen atoms in total. The van der Waals surface area contributed by atoms with Crippen molar-refractivity contribution in [3.05, 3.63) is 24.3 Å². The van der Waals surface area contributed by atoms with Crippen LogP contribution in [0.15, 0.2) is 24.3 Å². The minimum Gasteiger partial charge on any atom is -0.278 e. The molecule has 18 heavy (non-hydrogen) atoms. The summed E-state index contributed by atoms with van der Waals surface area (Å²) in [5.41, 5.74) is 1.71. The number of amidine groups is 1. The Balaban J connectivity index is 1.97. The van der Waals surface area contributed by atoms with E-state index in [0.717, 1.165) is 36.6 Å². The molecule has 0 atom stereocenters. The fourth-order valence-corrected chi connectivity index (χ4v) is 2.16. The van der Waals surface area contributed by atoms with Crippen LogP contribution >= 0.6 is 0 Å². The molecule has 2 aromatic rings. The summed E-state index contributed by atoms with van der Waals surface area (Å²) >= 11 is 0. The molecular formula is C12H16N5O+. The Morgan fingerprint density at radius 2 is 2.17 bits per heavy atom. The first-order valence-electron chi connectivity index (χ1n) is 6.04. The van der Waals surface area contributed by atoms with Crippen LogP contribution < -0.4 is 4.84 Å². The van der Waals surface area contributed by atoms with Gasteiger partial charge < -0.3 is 0 Å². The lowest BCUT2D eigenvalue weighted by molar-refractivity contribution is -0.518. The molecule has 0 fully saturated rings. The van der Waals surface area contributed by atoms with Crippen molar-refractivity contribution in [2.24, 2.45) is 0 Å². The van der Waals surface area contributed by atoms with Crippen molar-refractivity contribution < 1.29 is 9.41 Å². The number of benzene rings is 1. The highest BCUT2D eigenvalue weighted by atomic mass is 16.7. The molecule has 0 radical (unpaired) electrons. The van der Waals surface area contributed by atoms with Crippen molar-refractivity contribution in [1.82, 2.24) is 20.1 Å². The van der Waals surface area contributed by atoms with Crippen LogP contribution in [-0.2, 0) is 0 Å². The first-order chi connectivity index (χ1) is 8.75. The topological polar surface area (TPSA) is 46.2 Å². The van der Waals surface area contributed by atoms with E-state index < -0.39 is 0 Å². The summed E-state index contributed by atoms with van der Waals surface area (Å²) < 4.78 is 2.08. The van der Waals surface area contributed by atoms with Gasteiger partial charge in [0, 0.05) is 6.42 Å². The van der Waals surface area contributed by atoms with Crippen LogP contribution in [0.2, 0.25) is 0 Å². The summed E-state index contributed by atoms with van der Waals surface area (Å²) in [6.45, 7) is 1.98. The number of hydrogen-bond acceptors (Lipinski definition) is 4. The Labute approximate surface area is 105 Å². The van der Waals surface area contributed by atoms with Gasteiger partial charge in [-0.3, -0.25) is 4.84 Å². The summed E-state index contributed by atoms with van der Waals surface area (Å²) in [6, 6.07) is 8.55. The maximum atomic E-state index is 5.84. The van der Waals surface area contributed by atoms with Crippen LogP contribution in [0.25, 0.3) is 11.0 Å². The van der Waals surface area contributed by atoms with Gasteiger partial charge in [-0.15, -0.1) is 5.10 Å². The molecular weight excluding hydrogens is 230 g/mol. The Morgan fingerprint density at radius 3 is 3.00 bits per heavy atom. The zero-order chi connectivity index (χ0) is 12.5. The molecule has 0 saturated heterocycles. The first-order valence-corrected chi connectivity index (χ1v) is 6.04. The maximum Gasteiger partial charge on any atom is 0.472 e. The van der Waals surface area contributed by atoms with E-state index >= 15 is 0 Å². The van der Waals surface area contributed by atoms with E-state index in [4.69, 9.17) is 4.84 Å². The quantitative estimate of drug-likeness (QED) is 0.674. The van der Waals surface area contributed by atoms with Gasteiger partial charge in [-0.25, -0.2) is 9.48 Å². The molecule has 1 aromatic heterocycles. The van der Waals surface area contributed by atoms with E-state index in [2.05, 4.69) is 19.8 Å². The fraction of sp³-hybridized carbons (Fsp3) is 0.417. The Hall–Kier alpha value is -2.11. The molecule has 6 heteroatoms. The second kappa shape index (κ2) is 4.29. The Bertz CT molecular complexity index is 603. The normalized spacial score (nSPS) is 16.4. The molecule has 0 saturated carbocycles. The van der Waals surface area contributed by atoms with Crippen molar-refractivity contribution in [1.29, 1.82) is 0 Å². The van der Waals surface area contributed by atoms with Crippen LogP contribution in [0.4, 0.5) is 0 Å². The van der Waals surface area contributed by atoms with Crippen LogP contribution in [0.1, 0.15) is 6.42 Å². The van der Waals surface area contributed by atoms with E-state index in [1.807, 2.05) is 38.4 Å². The van der Waals surface area contributed by atoms with Crippen molar-refractivity contribution in [2.45, 2.75) is 6.42 Å².